The molecule has 0 bridgehead atoms. The molecule has 1 aliphatic rings. The first kappa shape index (κ1) is 15.3. The molecule has 1 aromatic rings. The minimum atomic E-state index is -2.06. The van der Waals surface area contributed by atoms with E-state index in [1.807, 2.05) is 0 Å². The van der Waals surface area contributed by atoms with E-state index in [9.17, 15) is 27.2 Å². The Labute approximate surface area is 117 Å². The lowest BCUT2D eigenvalue weighted by Crippen LogP contribution is -2.42. The summed E-state index contributed by atoms with van der Waals surface area (Å²) in [7, 11) is 0. The number of aliphatic carboxylic acids is 1. The van der Waals surface area contributed by atoms with E-state index in [1.165, 1.54) is 0 Å². The molecule has 4 nitrogen and oxygen atoms in total. The molecule has 0 saturated carbocycles. The highest BCUT2D eigenvalue weighted by Crippen LogP contribution is 2.23. The smallest absolute Gasteiger partial charge is 0.308 e. The molecule has 0 aliphatic carbocycles. The minimum absolute atomic E-state index is 0.142. The van der Waals surface area contributed by atoms with Crippen molar-refractivity contribution in [2.24, 2.45) is 5.92 Å². The number of likely N-dealkylation sites (tertiary alicyclic amines) is 1. The highest BCUT2D eigenvalue weighted by Gasteiger charge is 2.31. The van der Waals surface area contributed by atoms with Gasteiger partial charge in [-0.05, 0) is 18.9 Å². The summed E-state index contributed by atoms with van der Waals surface area (Å²) in [6, 6.07) is 0.278. The molecule has 1 aromatic carbocycles. The van der Waals surface area contributed by atoms with Crippen LogP contribution in [0.25, 0.3) is 0 Å². The lowest BCUT2D eigenvalue weighted by atomic mass is 9.97. The number of amides is 1. The van der Waals surface area contributed by atoms with E-state index < -0.39 is 46.6 Å². The summed E-state index contributed by atoms with van der Waals surface area (Å²) in [5, 5.41) is 8.91. The molecule has 1 amide bonds. The highest BCUT2D eigenvalue weighted by atomic mass is 19.2. The second kappa shape index (κ2) is 5.71. The molecule has 0 unspecified atom stereocenters. The van der Waals surface area contributed by atoms with Crippen molar-refractivity contribution in [3.8, 4) is 0 Å². The Kier molecular flexibility index (Phi) is 4.15. The zero-order chi connectivity index (χ0) is 15.7. The highest BCUT2D eigenvalue weighted by molar-refractivity contribution is 5.95. The molecule has 1 fully saturated rings. The Hall–Kier alpha value is -2.12. The first-order chi connectivity index (χ1) is 9.82. The number of benzene rings is 1. The Morgan fingerprint density at radius 3 is 2.43 bits per heavy atom. The molecule has 0 aromatic heterocycles. The Balaban J connectivity index is 2.30. The maximum atomic E-state index is 13.6. The summed E-state index contributed by atoms with van der Waals surface area (Å²) in [6.45, 7) is -0.0448. The van der Waals surface area contributed by atoms with Crippen molar-refractivity contribution < 1.29 is 32.3 Å². The summed E-state index contributed by atoms with van der Waals surface area (Å²) in [5.41, 5.74) is -0.947. The number of rotatable bonds is 2. The van der Waals surface area contributed by atoms with Crippen LogP contribution in [0.3, 0.4) is 0 Å². The fourth-order valence-electron chi connectivity index (χ4n) is 2.26. The van der Waals surface area contributed by atoms with Gasteiger partial charge in [0.05, 0.1) is 11.5 Å². The predicted molar refractivity (Wildman–Crippen MR) is 62.5 cm³/mol. The van der Waals surface area contributed by atoms with Gasteiger partial charge in [0.2, 0.25) is 0 Å². The van der Waals surface area contributed by atoms with Crippen molar-refractivity contribution in [1.82, 2.24) is 4.90 Å². The molecular formula is C13H11F4NO3. The van der Waals surface area contributed by atoms with E-state index in [4.69, 9.17) is 5.11 Å². The summed E-state index contributed by atoms with van der Waals surface area (Å²) in [5.74, 6) is -10.5. The van der Waals surface area contributed by atoms with E-state index in [-0.39, 0.29) is 19.2 Å². The van der Waals surface area contributed by atoms with Gasteiger partial charge in [0.1, 0.15) is 0 Å². The van der Waals surface area contributed by atoms with Crippen LogP contribution in [0, 0.1) is 29.2 Å². The number of carboxylic acids is 1. The zero-order valence-electron chi connectivity index (χ0n) is 10.7. The van der Waals surface area contributed by atoms with Crippen LogP contribution in [-0.4, -0.2) is 35.0 Å². The Bertz CT molecular complexity index is 606. The van der Waals surface area contributed by atoms with Crippen molar-refractivity contribution in [2.45, 2.75) is 12.8 Å². The molecule has 1 atom stereocenters. The summed E-state index contributed by atoms with van der Waals surface area (Å²) in [4.78, 5) is 23.9. The first-order valence-electron chi connectivity index (χ1n) is 6.18. The van der Waals surface area contributed by atoms with Crippen molar-refractivity contribution in [1.29, 1.82) is 0 Å². The molecule has 0 radical (unpaired) electrons. The lowest BCUT2D eigenvalue weighted by molar-refractivity contribution is -0.143. The maximum Gasteiger partial charge on any atom is 0.308 e. The van der Waals surface area contributed by atoms with Crippen LogP contribution < -0.4 is 0 Å². The number of nitrogens with zero attached hydrogens (tertiary/aromatic N) is 1. The van der Waals surface area contributed by atoms with Gasteiger partial charge in [-0.3, -0.25) is 9.59 Å². The van der Waals surface area contributed by atoms with Crippen LogP contribution in [0.2, 0.25) is 0 Å². The summed E-state index contributed by atoms with van der Waals surface area (Å²) >= 11 is 0. The average Bonchev–Trinajstić information content (AvgIpc) is 2.48. The normalized spacial score (nSPS) is 18.7. The molecule has 1 saturated heterocycles. The quantitative estimate of drug-likeness (QED) is 0.517. The monoisotopic (exact) mass is 305 g/mol. The van der Waals surface area contributed by atoms with E-state index in [0.717, 1.165) is 4.90 Å². The van der Waals surface area contributed by atoms with Gasteiger partial charge in [0.25, 0.3) is 5.91 Å². The van der Waals surface area contributed by atoms with Crippen LogP contribution in [0.1, 0.15) is 23.2 Å². The molecule has 1 N–H and O–H groups in total. The van der Waals surface area contributed by atoms with Crippen LogP contribution in [0.15, 0.2) is 6.07 Å². The number of carboxylic acid groups (broad SMARTS) is 1. The van der Waals surface area contributed by atoms with Gasteiger partial charge in [-0.1, -0.05) is 0 Å². The van der Waals surface area contributed by atoms with E-state index >= 15 is 0 Å². The summed E-state index contributed by atoms with van der Waals surface area (Å²) < 4.78 is 52.6. The van der Waals surface area contributed by atoms with Crippen LogP contribution in [-0.2, 0) is 4.79 Å². The van der Waals surface area contributed by atoms with E-state index in [2.05, 4.69) is 0 Å². The van der Waals surface area contributed by atoms with Gasteiger partial charge < -0.3 is 10.0 Å². The van der Waals surface area contributed by atoms with Crippen molar-refractivity contribution in [3.05, 3.63) is 34.9 Å². The third kappa shape index (κ3) is 2.84. The second-order valence-corrected chi connectivity index (χ2v) is 4.78. The number of carbonyl (C=O) groups is 2. The van der Waals surface area contributed by atoms with Gasteiger partial charge in [-0.25, -0.2) is 17.6 Å². The molecular weight excluding hydrogens is 294 g/mol. The van der Waals surface area contributed by atoms with Crippen molar-refractivity contribution in [3.63, 3.8) is 0 Å². The van der Waals surface area contributed by atoms with Gasteiger partial charge in [-0.2, -0.15) is 0 Å². The Morgan fingerprint density at radius 1 is 1.14 bits per heavy atom. The molecule has 114 valence electrons. The lowest BCUT2D eigenvalue weighted by Gasteiger charge is -2.30. The first-order valence-corrected chi connectivity index (χ1v) is 6.18. The maximum absolute atomic E-state index is 13.6. The standard InChI is InChI=1S/C13H11F4NO3/c14-8-4-7(9(15)11(17)10(8)16)12(19)18-3-1-2-6(5-18)13(20)21/h4,6H,1-3,5H2,(H,20,21)/t6-/m0/s1. The molecule has 0 spiro atoms. The van der Waals surface area contributed by atoms with E-state index in [0.29, 0.717) is 12.8 Å². The molecule has 1 heterocycles. The van der Waals surface area contributed by atoms with Gasteiger partial charge >= 0.3 is 5.97 Å². The molecule has 8 heteroatoms. The van der Waals surface area contributed by atoms with Crippen LogP contribution >= 0.6 is 0 Å². The number of halogens is 4. The zero-order valence-corrected chi connectivity index (χ0v) is 10.7. The second-order valence-electron chi connectivity index (χ2n) is 4.78. The summed E-state index contributed by atoms with van der Waals surface area (Å²) in [6.07, 6.45) is 0.726. The van der Waals surface area contributed by atoms with Crippen LogP contribution in [0.5, 0.6) is 0 Å². The fourth-order valence-corrected chi connectivity index (χ4v) is 2.26. The Morgan fingerprint density at radius 2 is 1.81 bits per heavy atom. The van der Waals surface area contributed by atoms with Crippen molar-refractivity contribution >= 4 is 11.9 Å². The number of hydrogen-bond acceptors (Lipinski definition) is 2. The number of carbonyl (C=O) groups excluding carboxylic acids is 1. The molecule has 21 heavy (non-hydrogen) atoms. The van der Waals surface area contributed by atoms with E-state index in [1.54, 1.807) is 0 Å². The fraction of sp³-hybridized carbons (Fsp3) is 0.385. The number of hydrogen-bond donors (Lipinski definition) is 1. The van der Waals surface area contributed by atoms with Gasteiger partial charge in [0.15, 0.2) is 23.3 Å². The van der Waals surface area contributed by atoms with Gasteiger partial charge in [0, 0.05) is 13.1 Å². The minimum Gasteiger partial charge on any atom is -0.481 e. The predicted octanol–water partition coefficient (Wildman–Crippen LogP) is 2.18. The SMILES string of the molecule is O=C(O)[C@H]1CCCN(C(=O)c2cc(F)c(F)c(F)c2F)C1. The van der Waals surface area contributed by atoms with Crippen molar-refractivity contribution in [2.75, 3.05) is 13.1 Å². The van der Waals surface area contributed by atoms with Gasteiger partial charge in [-0.15, -0.1) is 0 Å². The average molecular weight is 305 g/mol. The number of piperidine rings is 1. The molecule has 1 aliphatic heterocycles. The third-order valence-electron chi connectivity index (χ3n) is 3.39. The molecule has 2 rings (SSSR count). The third-order valence-corrected chi connectivity index (χ3v) is 3.39. The largest absolute Gasteiger partial charge is 0.481 e. The topological polar surface area (TPSA) is 57.6 Å². The van der Waals surface area contributed by atoms with Crippen LogP contribution in [0.4, 0.5) is 17.6 Å².